The lowest BCUT2D eigenvalue weighted by Crippen LogP contribution is -2.45. The van der Waals surface area contributed by atoms with Gasteiger partial charge in [0.05, 0.1) is 7.11 Å². The molecule has 46 heavy (non-hydrogen) atoms. The van der Waals surface area contributed by atoms with Gasteiger partial charge in [-0.3, -0.25) is 9.69 Å². The molecule has 1 amide bonds. The number of hydrogen-bond donors (Lipinski definition) is 5. The normalized spacial score (nSPS) is 18.4. The molecule has 0 radical (unpaired) electrons. The molecule has 0 aromatic heterocycles. The van der Waals surface area contributed by atoms with Crippen molar-refractivity contribution in [2.45, 2.75) is 51.5 Å². The van der Waals surface area contributed by atoms with E-state index < -0.39 is 23.9 Å². The maximum Gasteiger partial charge on any atom is 0.328 e. The van der Waals surface area contributed by atoms with E-state index in [2.05, 4.69) is 29.1 Å². The summed E-state index contributed by atoms with van der Waals surface area (Å²) in [5, 5.41) is 34.5. The van der Waals surface area contributed by atoms with Crippen LogP contribution in [-0.4, -0.2) is 120 Å². The van der Waals surface area contributed by atoms with E-state index in [1.165, 1.54) is 12.8 Å². The van der Waals surface area contributed by atoms with Crippen LogP contribution in [0.5, 0.6) is 11.5 Å². The van der Waals surface area contributed by atoms with Crippen molar-refractivity contribution in [3.63, 3.8) is 0 Å². The van der Waals surface area contributed by atoms with E-state index in [-0.39, 0.29) is 5.91 Å². The molecule has 0 atom stereocenters. The minimum atomic E-state index is -1.26. The van der Waals surface area contributed by atoms with Crippen molar-refractivity contribution in [3.8, 4) is 11.5 Å². The zero-order chi connectivity index (χ0) is 34.5. The highest BCUT2D eigenvalue weighted by Gasteiger charge is 2.20. The summed E-state index contributed by atoms with van der Waals surface area (Å²) in [7, 11) is 3.84. The number of piperazine rings is 1. The first kappa shape index (κ1) is 39.6. The molecule has 1 saturated carbocycles. The molecule has 1 saturated heterocycles. The summed E-state index contributed by atoms with van der Waals surface area (Å²) in [5.41, 5.74) is 1.10. The Hall–Kier alpha value is -4.43. The van der Waals surface area contributed by atoms with Gasteiger partial charge in [-0.15, -0.1) is 0 Å². The third-order valence-electron chi connectivity index (χ3n) is 7.25. The Balaban J connectivity index is 0.000000545. The summed E-state index contributed by atoms with van der Waals surface area (Å²) < 4.78 is 11.5. The number of carboxylic acid groups (broad SMARTS) is 4. The smallest absolute Gasteiger partial charge is 0.328 e. The Labute approximate surface area is 269 Å². The van der Waals surface area contributed by atoms with Crippen molar-refractivity contribution in [1.82, 2.24) is 15.1 Å². The second-order valence-corrected chi connectivity index (χ2v) is 11.0. The third kappa shape index (κ3) is 19.1. The summed E-state index contributed by atoms with van der Waals surface area (Å²) >= 11 is 0. The Bertz CT molecular complexity index is 1120. The van der Waals surface area contributed by atoms with Crippen LogP contribution >= 0.6 is 0 Å². The first-order chi connectivity index (χ1) is 21.8. The number of likely N-dealkylation sites (N-methyl/N-ethyl adjacent to an activating group) is 1. The molecule has 0 spiro atoms. The predicted octanol–water partition coefficient (Wildman–Crippen LogP) is 2.37. The van der Waals surface area contributed by atoms with Gasteiger partial charge in [-0.05, 0) is 62.8 Å². The maximum absolute atomic E-state index is 12.3. The van der Waals surface area contributed by atoms with Gasteiger partial charge in [0.1, 0.15) is 6.61 Å². The molecule has 256 valence electrons. The number of rotatable bonds is 13. The number of carboxylic acids is 4. The van der Waals surface area contributed by atoms with Crippen LogP contribution in [0.25, 0.3) is 0 Å². The lowest BCUT2D eigenvalue weighted by atomic mass is 9.87. The van der Waals surface area contributed by atoms with Gasteiger partial charge in [0.15, 0.2) is 11.5 Å². The average Bonchev–Trinajstić information content (AvgIpc) is 3.01. The van der Waals surface area contributed by atoms with E-state index in [9.17, 15) is 24.0 Å². The molecule has 2 aliphatic rings. The molecular weight excluding hydrogens is 602 g/mol. The summed E-state index contributed by atoms with van der Waals surface area (Å²) in [6.45, 7) is 8.30. The Morgan fingerprint density at radius 2 is 1.35 bits per heavy atom. The predicted molar refractivity (Wildman–Crippen MR) is 169 cm³/mol. The molecule has 14 nitrogen and oxygen atoms in total. The van der Waals surface area contributed by atoms with Gasteiger partial charge in [0.25, 0.3) is 0 Å². The molecular formula is C32H47N3O11. The summed E-state index contributed by atoms with van der Waals surface area (Å²) in [4.78, 5) is 55.3. The largest absolute Gasteiger partial charge is 0.493 e. The van der Waals surface area contributed by atoms with Crippen molar-refractivity contribution < 1.29 is 53.9 Å². The van der Waals surface area contributed by atoms with Gasteiger partial charge in [0.2, 0.25) is 5.91 Å². The minimum Gasteiger partial charge on any atom is -0.493 e. The molecule has 1 aliphatic carbocycles. The number of ether oxygens (including phenoxy) is 2. The molecule has 1 aliphatic heterocycles. The monoisotopic (exact) mass is 649 g/mol. The van der Waals surface area contributed by atoms with Gasteiger partial charge in [-0.25, -0.2) is 19.2 Å². The number of aryl methyl sites for hydroxylation is 1. The molecule has 1 heterocycles. The summed E-state index contributed by atoms with van der Waals surface area (Å²) in [6.07, 6.45) is 8.12. The number of benzene rings is 1. The number of carbonyl (C=O) groups excluding carboxylic acids is 1. The van der Waals surface area contributed by atoms with Crippen LogP contribution in [-0.2, 0) is 30.4 Å². The van der Waals surface area contributed by atoms with E-state index in [1.54, 1.807) is 7.11 Å². The fourth-order valence-corrected chi connectivity index (χ4v) is 4.59. The molecule has 0 unspecified atom stereocenters. The number of nitrogens with zero attached hydrogens (tertiary/aromatic N) is 2. The second-order valence-electron chi connectivity index (χ2n) is 11.0. The molecule has 5 N–H and O–H groups in total. The highest BCUT2D eigenvalue weighted by atomic mass is 16.5. The number of aliphatic carboxylic acids is 4. The zero-order valence-corrected chi connectivity index (χ0v) is 26.7. The van der Waals surface area contributed by atoms with Crippen molar-refractivity contribution in [2.24, 2.45) is 5.92 Å². The molecule has 14 heteroatoms. The first-order valence-corrected chi connectivity index (χ1v) is 15.1. The van der Waals surface area contributed by atoms with Crippen molar-refractivity contribution in [3.05, 3.63) is 48.1 Å². The minimum absolute atomic E-state index is 0.154. The lowest BCUT2D eigenvalue weighted by Gasteiger charge is -2.32. The van der Waals surface area contributed by atoms with Crippen molar-refractivity contribution in [1.29, 1.82) is 0 Å². The fraction of sp³-hybridized carbons (Fsp3) is 0.531. The fourth-order valence-electron chi connectivity index (χ4n) is 4.59. The number of carbonyl (C=O) groups is 5. The number of methoxy groups -OCH3 is 1. The van der Waals surface area contributed by atoms with E-state index in [1.807, 2.05) is 18.2 Å². The van der Waals surface area contributed by atoms with Crippen LogP contribution in [0, 0.1) is 5.92 Å². The zero-order valence-electron chi connectivity index (χ0n) is 26.7. The van der Waals surface area contributed by atoms with Gasteiger partial charge < -0.3 is 40.1 Å². The highest BCUT2D eigenvalue weighted by molar-refractivity contribution is 5.90. The number of hydrogen-bond acceptors (Lipinski definition) is 9. The third-order valence-corrected chi connectivity index (χ3v) is 7.25. The van der Waals surface area contributed by atoms with Crippen molar-refractivity contribution >= 4 is 29.8 Å². The van der Waals surface area contributed by atoms with Crippen LogP contribution in [0.4, 0.5) is 0 Å². The van der Waals surface area contributed by atoms with E-state index in [0.29, 0.717) is 49.8 Å². The summed E-state index contributed by atoms with van der Waals surface area (Å²) in [6, 6.07) is 6.38. The van der Waals surface area contributed by atoms with Crippen LogP contribution in [0.15, 0.2) is 42.5 Å². The number of nitrogens with one attached hydrogen (secondary N) is 1. The van der Waals surface area contributed by atoms with Crippen molar-refractivity contribution in [2.75, 3.05) is 53.5 Å². The molecule has 1 aromatic carbocycles. The van der Waals surface area contributed by atoms with E-state index >= 15 is 0 Å². The van der Waals surface area contributed by atoms with Gasteiger partial charge >= 0.3 is 23.9 Å². The van der Waals surface area contributed by atoms with Crippen LogP contribution in [0.3, 0.4) is 0 Å². The average molecular weight is 650 g/mol. The Morgan fingerprint density at radius 1 is 0.826 bits per heavy atom. The van der Waals surface area contributed by atoms with Crippen LogP contribution in [0.1, 0.15) is 44.6 Å². The quantitative estimate of drug-likeness (QED) is 0.195. The van der Waals surface area contributed by atoms with Gasteiger partial charge in [-0.2, -0.15) is 0 Å². The van der Waals surface area contributed by atoms with Gasteiger partial charge in [-0.1, -0.05) is 13.0 Å². The Morgan fingerprint density at radius 3 is 1.83 bits per heavy atom. The molecule has 3 rings (SSSR count). The first-order valence-electron chi connectivity index (χ1n) is 15.1. The SMILES string of the molecule is COc1cc(CCC(=O)NC2CCC(C)CC2)ccc1OCCN1CCN(C)CC1.O=C(O)/C=C/C(=O)O.O=C(O)/C=C/C(=O)O. The highest BCUT2D eigenvalue weighted by Crippen LogP contribution is 2.29. The van der Waals surface area contributed by atoms with E-state index in [0.717, 1.165) is 68.5 Å². The number of amides is 1. The Kier molecular flexibility index (Phi) is 19.1. The molecule has 0 bridgehead atoms. The van der Waals surface area contributed by atoms with Crippen LogP contribution < -0.4 is 14.8 Å². The second kappa shape index (κ2) is 22.1. The standard InChI is InChI=1S/C24H39N3O3.2C4H4O4/c1-19-4-8-21(9-5-19)25-24(28)11-7-20-6-10-22(23(18-20)29-3)30-17-16-27-14-12-26(2)13-15-27;2*5-3(6)1-2-4(7)8/h6,10,18-19,21H,4-5,7-9,11-17H2,1-3H3,(H,25,28);2*1-2H,(H,5,6)(H,7,8)/b;2*2-1+. The molecule has 1 aromatic rings. The maximum atomic E-state index is 12.3. The van der Waals surface area contributed by atoms with Gasteiger partial charge in [0, 0.05) is 69.5 Å². The van der Waals surface area contributed by atoms with Crippen LogP contribution in [0.2, 0.25) is 0 Å². The lowest BCUT2D eigenvalue weighted by molar-refractivity contribution is -0.134. The summed E-state index contributed by atoms with van der Waals surface area (Å²) in [5.74, 6) is -2.56. The topological polar surface area (TPSA) is 203 Å². The van der Waals surface area contributed by atoms with E-state index in [4.69, 9.17) is 29.9 Å². The molecule has 2 fully saturated rings.